The zero-order valence-electron chi connectivity index (χ0n) is 10.6. The van der Waals surface area contributed by atoms with Crippen LogP contribution in [0.1, 0.15) is 16.7 Å². The van der Waals surface area contributed by atoms with Gasteiger partial charge in [0.15, 0.2) is 0 Å². The van der Waals surface area contributed by atoms with E-state index < -0.39 is 5.82 Å². The molecule has 0 heterocycles. The molecular weight excluding hydrogens is 263 g/mol. The molecule has 0 aliphatic heterocycles. The smallest absolute Gasteiger partial charge is 0.142 e. The van der Waals surface area contributed by atoms with Gasteiger partial charge in [-0.3, -0.25) is 4.79 Å². The van der Waals surface area contributed by atoms with E-state index in [-0.39, 0.29) is 17.2 Å². The number of rotatable bonds is 4. The molecule has 0 fully saturated rings. The van der Waals surface area contributed by atoms with E-state index in [2.05, 4.69) is 0 Å². The van der Waals surface area contributed by atoms with Gasteiger partial charge in [0.05, 0.1) is 5.02 Å². The van der Waals surface area contributed by atoms with Crippen molar-refractivity contribution >= 4 is 17.4 Å². The predicted octanol–water partition coefficient (Wildman–Crippen LogP) is 4.14. The summed E-state index contributed by atoms with van der Waals surface area (Å²) in [6.07, 6.45) is 0.504. The van der Waals surface area contributed by atoms with Gasteiger partial charge in [0, 0.05) is 12.8 Å². The highest BCUT2D eigenvalue weighted by Crippen LogP contribution is 2.21. The second kappa shape index (κ2) is 5.98. The molecule has 2 aromatic rings. The molecule has 0 aromatic heterocycles. The summed E-state index contributed by atoms with van der Waals surface area (Å²) >= 11 is 5.84. The lowest BCUT2D eigenvalue weighted by Crippen LogP contribution is -2.08. The monoisotopic (exact) mass is 276 g/mol. The summed E-state index contributed by atoms with van der Waals surface area (Å²) in [6, 6.07) is 12.3. The Morgan fingerprint density at radius 3 is 2.42 bits per heavy atom. The number of halogens is 2. The summed E-state index contributed by atoms with van der Waals surface area (Å²) in [6.45, 7) is 1.97. The Labute approximate surface area is 117 Å². The van der Waals surface area contributed by atoms with Crippen molar-refractivity contribution in [1.82, 2.24) is 0 Å². The summed E-state index contributed by atoms with van der Waals surface area (Å²) in [5, 5.41) is 0.0423. The Hall–Kier alpha value is -1.67. The minimum atomic E-state index is -0.483. The van der Waals surface area contributed by atoms with Crippen molar-refractivity contribution < 1.29 is 9.18 Å². The van der Waals surface area contributed by atoms with Crippen molar-refractivity contribution in [2.24, 2.45) is 0 Å². The fourth-order valence-corrected chi connectivity index (χ4v) is 2.17. The second-order valence-electron chi connectivity index (χ2n) is 4.53. The van der Waals surface area contributed by atoms with Crippen LogP contribution in [0.5, 0.6) is 0 Å². The number of hydrogen-bond acceptors (Lipinski definition) is 1. The maximum Gasteiger partial charge on any atom is 0.142 e. The summed E-state index contributed by atoms with van der Waals surface area (Å²) in [5.41, 5.74) is 2.63. The first-order valence-electron chi connectivity index (χ1n) is 6.07. The fourth-order valence-electron chi connectivity index (χ4n) is 1.98. The van der Waals surface area contributed by atoms with Gasteiger partial charge < -0.3 is 0 Å². The highest BCUT2D eigenvalue weighted by molar-refractivity contribution is 6.31. The summed E-state index contributed by atoms with van der Waals surface area (Å²) in [7, 11) is 0. The van der Waals surface area contributed by atoms with Crippen molar-refractivity contribution in [1.29, 1.82) is 0 Å². The summed E-state index contributed by atoms with van der Waals surface area (Å²) in [4.78, 5) is 12.0. The number of carbonyl (C=O) groups is 1. The van der Waals surface area contributed by atoms with E-state index in [1.165, 1.54) is 6.07 Å². The Morgan fingerprint density at radius 2 is 1.68 bits per heavy atom. The van der Waals surface area contributed by atoms with E-state index in [4.69, 9.17) is 11.6 Å². The van der Waals surface area contributed by atoms with Crippen LogP contribution in [0.3, 0.4) is 0 Å². The van der Waals surface area contributed by atoms with Crippen LogP contribution in [0.15, 0.2) is 42.5 Å². The predicted molar refractivity (Wildman–Crippen MR) is 75.0 cm³/mol. The van der Waals surface area contributed by atoms with Crippen molar-refractivity contribution in [2.45, 2.75) is 19.8 Å². The number of Topliss-reactive ketones (excluding diaryl/α,β-unsaturated/α-hetero) is 1. The van der Waals surface area contributed by atoms with E-state index in [1.807, 2.05) is 31.2 Å². The Bertz CT molecular complexity index is 607. The van der Waals surface area contributed by atoms with E-state index in [9.17, 15) is 9.18 Å². The quantitative estimate of drug-likeness (QED) is 0.820. The number of benzene rings is 2. The van der Waals surface area contributed by atoms with Crippen molar-refractivity contribution in [3.8, 4) is 0 Å². The van der Waals surface area contributed by atoms with Crippen LogP contribution in [-0.2, 0) is 17.6 Å². The van der Waals surface area contributed by atoms with Crippen molar-refractivity contribution in [2.75, 3.05) is 0 Å². The van der Waals surface area contributed by atoms with Crippen LogP contribution in [0.4, 0.5) is 4.39 Å². The zero-order valence-corrected chi connectivity index (χ0v) is 11.4. The molecular formula is C16H14ClFO. The number of carbonyl (C=O) groups excluding carboxylic acids is 1. The van der Waals surface area contributed by atoms with Gasteiger partial charge in [0.2, 0.25) is 0 Å². The van der Waals surface area contributed by atoms with Gasteiger partial charge in [-0.25, -0.2) is 4.39 Å². The molecule has 0 amide bonds. The lowest BCUT2D eigenvalue weighted by molar-refractivity contribution is -0.117. The highest BCUT2D eigenvalue weighted by atomic mass is 35.5. The van der Waals surface area contributed by atoms with Crippen LogP contribution in [0, 0.1) is 12.7 Å². The van der Waals surface area contributed by atoms with Gasteiger partial charge in [0.1, 0.15) is 11.6 Å². The van der Waals surface area contributed by atoms with Crippen LogP contribution in [0.25, 0.3) is 0 Å². The molecule has 2 aromatic carbocycles. The maximum atomic E-state index is 13.3. The molecule has 1 nitrogen and oxygen atoms in total. The molecule has 0 saturated carbocycles. The third-order valence-corrected chi connectivity index (χ3v) is 3.49. The average molecular weight is 277 g/mol. The Kier molecular flexibility index (Phi) is 4.33. The summed E-state index contributed by atoms with van der Waals surface area (Å²) < 4.78 is 13.3. The molecule has 0 bridgehead atoms. The standard InChI is InChI=1S/C16H14ClFO/c1-11-5-2-3-6-12(11)9-14(19)10-13-7-4-8-15(18)16(13)17/h2-8H,9-10H2,1H3. The molecule has 0 unspecified atom stereocenters. The minimum absolute atomic E-state index is 0.0294. The lowest BCUT2D eigenvalue weighted by atomic mass is 9.99. The first-order chi connectivity index (χ1) is 9.08. The van der Waals surface area contributed by atoms with E-state index in [0.717, 1.165) is 11.1 Å². The zero-order chi connectivity index (χ0) is 13.8. The number of hydrogen-bond donors (Lipinski definition) is 0. The molecule has 0 N–H and O–H groups in total. The molecule has 19 heavy (non-hydrogen) atoms. The van der Waals surface area contributed by atoms with Gasteiger partial charge in [-0.1, -0.05) is 48.0 Å². The Balaban J connectivity index is 2.10. The van der Waals surface area contributed by atoms with Crippen LogP contribution in [-0.4, -0.2) is 5.78 Å². The maximum absolute atomic E-state index is 13.3. The lowest BCUT2D eigenvalue weighted by Gasteiger charge is -2.06. The first kappa shape index (κ1) is 13.8. The minimum Gasteiger partial charge on any atom is -0.299 e. The third kappa shape index (κ3) is 3.42. The molecule has 0 aliphatic carbocycles. The molecule has 0 aliphatic rings. The highest BCUT2D eigenvalue weighted by Gasteiger charge is 2.11. The Morgan fingerprint density at radius 1 is 1.05 bits per heavy atom. The van der Waals surface area contributed by atoms with Gasteiger partial charge in [0.25, 0.3) is 0 Å². The van der Waals surface area contributed by atoms with Crippen LogP contribution < -0.4 is 0 Å². The number of aryl methyl sites for hydroxylation is 1. The molecule has 0 radical (unpaired) electrons. The molecule has 0 saturated heterocycles. The van der Waals surface area contributed by atoms with Crippen LogP contribution in [0.2, 0.25) is 5.02 Å². The molecule has 0 atom stereocenters. The third-order valence-electron chi connectivity index (χ3n) is 3.07. The van der Waals surface area contributed by atoms with Gasteiger partial charge in [-0.15, -0.1) is 0 Å². The molecule has 98 valence electrons. The van der Waals surface area contributed by atoms with Crippen LogP contribution >= 0.6 is 11.6 Å². The van der Waals surface area contributed by atoms with E-state index >= 15 is 0 Å². The first-order valence-corrected chi connectivity index (χ1v) is 6.45. The molecule has 2 rings (SSSR count). The largest absolute Gasteiger partial charge is 0.299 e. The fraction of sp³-hybridized carbons (Fsp3) is 0.188. The molecule has 3 heteroatoms. The topological polar surface area (TPSA) is 17.1 Å². The average Bonchev–Trinajstić information content (AvgIpc) is 2.38. The van der Waals surface area contributed by atoms with Gasteiger partial charge in [-0.2, -0.15) is 0 Å². The SMILES string of the molecule is Cc1ccccc1CC(=O)Cc1cccc(F)c1Cl. The second-order valence-corrected chi connectivity index (χ2v) is 4.91. The van der Waals surface area contributed by atoms with Crippen molar-refractivity contribution in [3.05, 3.63) is 70.0 Å². The van der Waals surface area contributed by atoms with Gasteiger partial charge >= 0.3 is 0 Å². The molecule has 0 spiro atoms. The van der Waals surface area contributed by atoms with Gasteiger partial charge in [-0.05, 0) is 29.7 Å². The normalized spacial score (nSPS) is 10.5. The summed E-state index contributed by atoms with van der Waals surface area (Å²) in [5.74, 6) is -0.454. The van der Waals surface area contributed by atoms with E-state index in [1.54, 1.807) is 12.1 Å². The van der Waals surface area contributed by atoms with Crippen molar-refractivity contribution in [3.63, 3.8) is 0 Å². The number of ketones is 1. The van der Waals surface area contributed by atoms with E-state index in [0.29, 0.717) is 12.0 Å².